The van der Waals surface area contributed by atoms with Crippen molar-refractivity contribution in [3.63, 3.8) is 0 Å². The summed E-state index contributed by atoms with van der Waals surface area (Å²) in [5, 5.41) is 11.8. The molecule has 4 aromatic rings. The molecule has 1 aliphatic rings. The number of carbonyl (C=O) groups excluding carboxylic acids is 1. The first-order chi connectivity index (χ1) is 16.6. The normalized spacial score (nSPS) is 14.9. The van der Waals surface area contributed by atoms with E-state index in [1.807, 2.05) is 72.3 Å². The van der Waals surface area contributed by atoms with Gasteiger partial charge in [-0.2, -0.15) is 4.98 Å². The SMILES string of the molecule is CC1=C(C(=O)Nc2ccccc2)[C@H](c2ccccc2)n2nc(SCc3ccc(C)cc3)nc2N1. The van der Waals surface area contributed by atoms with Gasteiger partial charge in [-0.15, -0.1) is 5.10 Å². The first-order valence-corrected chi connectivity index (χ1v) is 12.1. The predicted molar refractivity (Wildman–Crippen MR) is 137 cm³/mol. The van der Waals surface area contributed by atoms with Crippen LogP contribution in [0.25, 0.3) is 0 Å². The number of carbonyl (C=O) groups is 1. The first kappa shape index (κ1) is 22.0. The third kappa shape index (κ3) is 4.61. The number of nitrogens with one attached hydrogen (secondary N) is 2. The Morgan fingerprint density at radius 2 is 1.65 bits per heavy atom. The number of thioether (sulfide) groups is 1. The third-order valence-corrected chi connectivity index (χ3v) is 6.62. The molecule has 0 fully saturated rings. The highest BCUT2D eigenvalue weighted by atomic mass is 32.2. The molecular weight excluding hydrogens is 442 g/mol. The Morgan fingerprint density at radius 1 is 0.971 bits per heavy atom. The molecule has 34 heavy (non-hydrogen) atoms. The fraction of sp³-hybridized carbons (Fsp3) is 0.148. The van der Waals surface area contributed by atoms with Crippen molar-refractivity contribution in [2.75, 3.05) is 10.6 Å². The summed E-state index contributed by atoms with van der Waals surface area (Å²) in [5.41, 5.74) is 5.55. The van der Waals surface area contributed by atoms with Crippen LogP contribution < -0.4 is 10.6 Å². The van der Waals surface area contributed by atoms with Gasteiger partial charge in [0, 0.05) is 17.1 Å². The van der Waals surface area contributed by atoms with Crippen molar-refractivity contribution in [2.24, 2.45) is 0 Å². The maximum atomic E-state index is 13.4. The number of allylic oxidation sites excluding steroid dienone is 1. The molecule has 0 saturated carbocycles. The van der Waals surface area contributed by atoms with E-state index in [4.69, 9.17) is 10.1 Å². The number of rotatable bonds is 6. The summed E-state index contributed by atoms with van der Waals surface area (Å²) in [6, 6.07) is 27.5. The van der Waals surface area contributed by atoms with Gasteiger partial charge in [-0.1, -0.05) is 90.1 Å². The van der Waals surface area contributed by atoms with Crippen LogP contribution in [0.4, 0.5) is 11.6 Å². The van der Waals surface area contributed by atoms with Crippen LogP contribution in [0, 0.1) is 6.92 Å². The highest BCUT2D eigenvalue weighted by Crippen LogP contribution is 2.37. The lowest BCUT2D eigenvalue weighted by Gasteiger charge is -2.28. The summed E-state index contributed by atoms with van der Waals surface area (Å²) >= 11 is 1.58. The Balaban J connectivity index is 1.46. The molecular formula is C27H25N5OS. The Kier molecular flexibility index (Phi) is 6.18. The van der Waals surface area contributed by atoms with E-state index in [1.54, 1.807) is 11.8 Å². The van der Waals surface area contributed by atoms with E-state index in [2.05, 4.69) is 41.8 Å². The standard InChI is InChI=1S/C27H25N5OS/c1-18-13-15-20(16-14-18)17-34-27-30-26-28-19(2)23(25(33)29-22-11-7-4-8-12-22)24(32(26)31-27)21-9-5-3-6-10-21/h3-16,24H,17H2,1-2H3,(H,29,33)(H,28,30,31)/t24-/m0/s1. The molecule has 1 amide bonds. The number of aryl methyl sites for hydroxylation is 1. The monoisotopic (exact) mass is 467 g/mol. The molecule has 0 unspecified atom stereocenters. The smallest absolute Gasteiger partial charge is 0.255 e. The highest BCUT2D eigenvalue weighted by Gasteiger charge is 2.34. The molecule has 170 valence electrons. The van der Waals surface area contributed by atoms with E-state index in [-0.39, 0.29) is 11.9 Å². The van der Waals surface area contributed by atoms with Crippen LogP contribution in [-0.4, -0.2) is 20.7 Å². The van der Waals surface area contributed by atoms with Gasteiger partial charge in [0.2, 0.25) is 11.1 Å². The molecule has 6 nitrogen and oxygen atoms in total. The molecule has 0 spiro atoms. The maximum absolute atomic E-state index is 13.4. The minimum absolute atomic E-state index is 0.167. The van der Waals surface area contributed by atoms with Crippen molar-refractivity contribution < 1.29 is 4.79 Å². The Hall–Kier alpha value is -3.84. The van der Waals surface area contributed by atoms with Crippen LogP contribution in [0.2, 0.25) is 0 Å². The number of aromatic nitrogens is 3. The quantitative estimate of drug-likeness (QED) is 0.350. The van der Waals surface area contributed by atoms with Crippen LogP contribution in [-0.2, 0) is 10.5 Å². The predicted octanol–water partition coefficient (Wildman–Crippen LogP) is 5.81. The van der Waals surface area contributed by atoms with Crippen molar-refractivity contribution in [1.82, 2.24) is 14.8 Å². The average molecular weight is 468 g/mol. The lowest BCUT2D eigenvalue weighted by molar-refractivity contribution is -0.113. The Labute approximate surface area is 203 Å². The minimum atomic E-state index is -0.387. The zero-order valence-electron chi connectivity index (χ0n) is 19.0. The molecule has 2 N–H and O–H groups in total. The fourth-order valence-corrected chi connectivity index (χ4v) is 4.77. The lowest BCUT2D eigenvalue weighted by atomic mass is 9.95. The van der Waals surface area contributed by atoms with Crippen molar-refractivity contribution in [3.05, 3.63) is 113 Å². The third-order valence-electron chi connectivity index (χ3n) is 5.71. The van der Waals surface area contributed by atoms with E-state index in [1.165, 1.54) is 11.1 Å². The average Bonchev–Trinajstić information content (AvgIpc) is 3.26. The lowest BCUT2D eigenvalue weighted by Crippen LogP contribution is -2.31. The van der Waals surface area contributed by atoms with E-state index in [0.29, 0.717) is 16.7 Å². The van der Waals surface area contributed by atoms with Crippen molar-refractivity contribution in [1.29, 1.82) is 0 Å². The number of hydrogen-bond acceptors (Lipinski definition) is 5. The number of amides is 1. The molecule has 0 radical (unpaired) electrons. The Bertz CT molecular complexity index is 1330. The van der Waals surface area contributed by atoms with Crippen molar-refractivity contribution >= 4 is 29.3 Å². The summed E-state index contributed by atoms with van der Waals surface area (Å²) in [7, 11) is 0. The molecule has 0 saturated heterocycles. The summed E-state index contributed by atoms with van der Waals surface area (Å²) in [5.74, 6) is 1.24. The number of hydrogen-bond donors (Lipinski definition) is 2. The van der Waals surface area contributed by atoms with Gasteiger partial charge in [0.25, 0.3) is 5.91 Å². The molecule has 0 aliphatic carbocycles. The second kappa shape index (κ2) is 9.57. The number of anilines is 2. The van der Waals surface area contributed by atoms with Gasteiger partial charge < -0.3 is 10.6 Å². The fourth-order valence-electron chi connectivity index (χ4n) is 3.98. The highest BCUT2D eigenvalue weighted by molar-refractivity contribution is 7.98. The molecule has 5 rings (SSSR count). The van der Waals surface area contributed by atoms with Gasteiger partial charge in [-0.25, -0.2) is 4.68 Å². The summed E-state index contributed by atoms with van der Waals surface area (Å²) in [4.78, 5) is 18.2. The zero-order valence-corrected chi connectivity index (χ0v) is 19.8. The van der Waals surface area contributed by atoms with E-state index < -0.39 is 0 Å². The van der Waals surface area contributed by atoms with Gasteiger partial charge in [-0.05, 0) is 37.1 Å². The van der Waals surface area contributed by atoms with Crippen LogP contribution in [0.3, 0.4) is 0 Å². The van der Waals surface area contributed by atoms with Crippen LogP contribution in [0.1, 0.15) is 29.7 Å². The van der Waals surface area contributed by atoms with Crippen LogP contribution in [0.15, 0.2) is 101 Å². The molecule has 3 aromatic carbocycles. The number of benzene rings is 3. The summed E-state index contributed by atoms with van der Waals surface area (Å²) in [6.07, 6.45) is 0. The van der Waals surface area contributed by atoms with Gasteiger partial charge in [0.1, 0.15) is 6.04 Å². The van der Waals surface area contributed by atoms with Gasteiger partial charge in [0.05, 0.1) is 5.57 Å². The summed E-state index contributed by atoms with van der Waals surface area (Å²) in [6.45, 7) is 3.99. The molecule has 1 atom stereocenters. The van der Waals surface area contributed by atoms with Gasteiger partial charge >= 0.3 is 0 Å². The minimum Gasteiger partial charge on any atom is -0.328 e. The van der Waals surface area contributed by atoms with Gasteiger partial charge in [-0.3, -0.25) is 4.79 Å². The second-order valence-electron chi connectivity index (χ2n) is 8.23. The van der Waals surface area contributed by atoms with Crippen molar-refractivity contribution in [3.8, 4) is 0 Å². The van der Waals surface area contributed by atoms with E-state index in [9.17, 15) is 4.79 Å². The topological polar surface area (TPSA) is 71.8 Å². The van der Waals surface area contributed by atoms with E-state index in [0.717, 1.165) is 22.7 Å². The summed E-state index contributed by atoms with van der Waals surface area (Å²) < 4.78 is 1.82. The maximum Gasteiger partial charge on any atom is 0.255 e. The molecule has 1 aliphatic heterocycles. The van der Waals surface area contributed by atoms with Gasteiger partial charge in [0.15, 0.2) is 0 Å². The Morgan fingerprint density at radius 3 is 2.35 bits per heavy atom. The largest absolute Gasteiger partial charge is 0.328 e. The molecule has 1 aromatic heterocycles. The van der Waals surface area contributed by atoms with Crippen molar-refractivity contribution in [2.45, 2.75) is 30.8 Å². The van der Waals surface area contributed by atoms with Crippen LogP contribution in [0.5, 0.6) is 0 Å². The molecule has 2 heterocycles. The second-order valence-corrected chi connectivity index (χ2v) is 9.18. The number of nitrogens with zero attached hydrogens (tertiary/aromatic N) is 3. The number of para-hydroxylation sites is 1. The zero-order chi connectivity index (χ0) is 23.5. The molecule has 0 bridgehead atoms. The number of fused-ring (bicyclic) bond motifs is 1. The first-order valence-electron chi connectivity index (χ1n) is 11.1. The molecule has 7 heteroatoms. The van der Waals surface area contributed by atoms with Crippen LogP contribution >= 0.6 is 11.8 Å². The van der Waals surface area contributed by atoms with E-state index >= 15 is 0 Å².